The summed E-state index contributed by atoms with van der Waals surface area (Å²) in [4.78, 5) is 27.2. The fourth-order valence-corrected chi connectivity index (χ4v) is 3.67. The Labute approximate surface area is 209 Å². The minimum absolute atomic E-state index is 0.0501. The molecule has 192 valence electrons. The molecule has 1 aliphatic rings. The van der Waals surface area contributed by atoms with Crippen molar-refractivity contribution in [3.05, 3.63) is 71.0 Å². The van der Waals surface area contributed by atoms with Crippen LogP contribution in [0.25, 0.3) is 0 Å². The lowest BCUT2D eigenvalue weighted by Crippen LogP contribution is -2.55. The molecule has 0 aliphatic carbocycles. The second kappa shape index (κ2) is 14.4. The monoisotopic (exact) mass is 485 g/mol. The van der Waals surface area contributed by atoms with E-state index in [0.29, 0.717) is 5.56 Å². The van der Waals surface area contributed by atoms with Crippen LogP contribution < -0.4 is 5.32 Å². The Hall–Kier alpha value is -3.06. The Morgan fingerprint density at radius 3 is 2.09 bits per heavy atom. The summed E-state index contributed by atoms with van der Waals surface area (Å²) in [6.45, 7) is 11.2. The standard InChI is InChI=1S/C19H27N3O2.C8H9F.CH4O/c1-13-9-5-6-10-14(13)15(20)17(23)21-16(19(2,3)4)18(24)22-11-7-8-12-22;1-2-7-3-5-8(9)6-4-7;1-2/h5-6,9-10,16,20H,7-8,11-12H2,1-4H3,(H,21,23);3-6H,2H2,1H3;2H,1H3. The molecule has 2 amide bonds. The summed E-state index contributed by atoms with van der Waals surface area (Å²) in [5.74, 6) is -0.713. The van der Waals surface area contributed by atoms with Gasteiger partial charge in [-0.15, -0.1) is 0 Å². The number of carbonyl (C=O) groups excluding carboxylic acids is 2. The van der Waals surface area contributed by atoms with Gasteiger partial charge in [0.25, 0.3) is 5.91 Å². The van der Waals surface area contributed by atoms with Gasteiger partial charge in [-0.2, -0.15) is 0 Å². The van der Waals surface area contributed by atoms with Crippen LogP contribution in [0.2, 0.25) is 0 Å². The largest absolute Gasteiger partial charge is 0.400 e. The molecule has 0 aromatic heterocycles. The quantitative estimate of drug-likeness (QED) is 0.544. The third-order valence-corrected chi connectivity index (χ3v) is 5.77. The SMILES string of the molecule is CCc1ccc(F)cc1.CO.Cc1ccccc1C(=N)C(=O)NC(C(=O)N1CCCC1)C(C)(C)C. The molecule has 3 N–H and O–H groups in total. The molecule has 1 unspecified atom stereocenters. The van der Waals surface area contributed by atoms with E-state index in [1.54, 1.807) is 24.3 Å². The Morgan fingerprint density at radius 2 is 1.60 bits per heavy atom. The molecule has 0 radical (unpaired) electrons. The number of aliphatic hydroxyl groups excluding tert-OH is 1. The van der Waals surface area contributed by atoms with Gasteiger partial charge in [0, 0.05) is 25.8 Å². The van der Waals surface area contributed by atoms with Gasteiger partial charge in [-0.1, -0.05) is 64.1 Å². The lowest BCUT2D eigenvalue weighted by Gasteiger charge is -2.33. The molecule has 0 bridgehead atoms. The molecule has 2 aromatic rings. The Balaban J connectivity index is 0.000000464. The van der Waals surface area contributed by atoms with E-state index in [-0.39, 0.29) is 17.4 Å². The minimum Gasteiger partial charge on any atom is -0.400 e. The van der Waals surface area contributed by atoms with Crippen LogP contribution in [0.5, 0.6) is 0 Å². The first-order chi connectivity index (χ1) is 16.5. The van der Waals surface area contributed by atoms with Crippen LogP contribution in [0.15, 0.2) is 48.5 Å². The highest BCUT2D eigenvalue weighted by molar-refractivity contribution is 6.44. The van der Waals surface area contributed by atoms with Crippen molar-refractivity contribution >= 4 is 17.5 Å². The topological polar surface area (TPSA) is 93.5 Å². The summed E-state index contributed by atoms with van der Waals surface area (Å²) in [6.07, 6.45) is 2.99. The highest BCUT2D eigenvalue weighted by Gasteiger charge is 2.37. The Morgan fingerprint density at radius 1 is 1.06 bits per heavy atom. The number of nitrogens with one attached hydrogen (secondary N) is 2. The van der Waals surface area contributed by atoms with E-state index in [2.05, 4.69) is 5.32 Å². The maximum Gasteiger partial charge on any atom is 0.270 e. The maximum atomic E-state index is 12.8. The molecule has 1 aliphatic heterocycles. The molecule has 35 heavy (non-hydrogen) atoms. The first kappa shape index (κ1) is 30.0. The molecule has 7 heteroatoms. The first-order valence-electron chi connectivity index (χ1n) is 12.0. The van der Waals surface area contributed by atoms with E-state index in [1.807, 2.05) is 51.7 Å². The lowest BCUT2D eigenvalue weighted by atomic mass is 9.85. The maximum absolute atomic E-state index is 12.8. The van der Waals surface area contributed by atoms with E-state index < -0.39 is 17.4 Å². The van der Waals surface area contributed by atoms with Crippen molar-refractivity contribution in [3.63, 3.8) is 0 Å². The van der Waals surface area contributed by atoms with Crippen LogP contribution >= 0.6 is 0 Å². The molecular formula is C28H40FN3O3. The van der Waals surface area contributed by atoms with E-state index in [9.17, 15) is 14.0 Å². The number of benzene rings is 2. The smallest absolute Gasteiger partial charge is 0.270 e. The summed E-state index contributed by atoms with van der Waals surface area (Å²) >= 11 is 0. The van der Waals surface area contributed by atoms with Crippen molar-refractivity contribution in [3.8, 4) is 0 Å². The van der Waals surface area contributed by atoms with Gasteiger partial charge in [0.15, 0.2) is 0 Å². The normalized spacial score (nSPS) is 13.5. The Kier molecular flexibility index (Phi) is 12.3. The van der Waals surface area contributed by atoms with Gasteiger partial charge in [-0.25, -0.2) is 4.39 Å². The molecule has 0 spiro atoms. The zero-order chi connectivity index (χ0) is 26.6. The highest BCUT2D eigenvalue weighted by Crippen LogP contribution is 2.23. The van der Waals surface area contributed by atoms with Crippen molar-refractivity contribution in [1.29, 1.82) is 5.41 Å². The van der Waals surface area contributed by atoms with Crippen molar-refractivity contribution < 1.29 is 19.1 Å². The van der Waals surface area contributed by atoms with Gasteiger partial charge in [0.05, 0.1) is 0 Å². The predicted molar refractivity (Wildman–Crippen MR) is 139 cm³/mol. The number of amides is 2. The van der Waals surface area contributed by atoms with E-state index in [0.717, 1.165) is 45.0 Å². The van der Waals surface area contributed by atoms with Gasteiger partial charge in [0.1, 0.15) is 17.6 Å². The number of hydrogen-bond acceptors (Lipinski definition) is 4. The number of halogens is 1. The molecule has 0 saturated carbocycles. The van der Waals surface area contributed by atoms with Crippen LogP contribution in [0.1, 0.15) is 57.2 Å². The molecule has 3 rings (SSSR count). The minimum atomic E-state index is -0.632. The number of hydrogen-bond donors (Lipinski definition) is 3. The zero-order valence-corrected chi connectivity index (χ0v) is 21.8. The van der Waals surface area contributed by atoms with Crippen LogP contribution in [0.4, 0.5) is 4.39 Å². The van der Waals surface area contributed by atoms with Crippen molar-refractivity contribution in [1.82, 2.24) is 10.2 Å². The van der Waals surface area contributed by atoms with E-state index in [4.69, 9.17) is 10.5 Å². The predicted octanol–water partition coefficient (Wildman–Crippen LogP) is 4.51. The van der Waals surface area contributed by atoms with Crippen molar-refractivity contribution in [2.24, 2.45) is 5.41 Å². The summed E-state index contributed by atoms with van der Waals surface area (Å²) in [6, 6.07) is 13.2. The average Bonchev–Trinajstić information content (AvgIpc) is 3.38. The van der Waals surface area contributed by atoms with Crippen molar-refractivity contribution in [2.45, 2.75) is 59.9 Å². The highest BCUT2D eigenvalue weighted by atomic mass is 19.1. The van der Waals surface area contributed by atoms with Gasteiger partial charge in [-0.05, 0) is 54.9 Å². The average molecular weight is 486 g/mol. The number of carbonyl (C=O) groups is 2. The molecule has 1 atom stereocenters. The summed E-state index contributed by atoms with van der Waals surface area (Å²) in [5, 5.41) is 18.0. The van der Waals surface area contributed by atoms with Gasteiger partial charge < -0.3 is 15.3 Å². The summed E-state index contributed by atoms with van der Waals surface area (Å²) in [5.41, 5.74) is 2.13. The number of rotatable bonds is 5. The zero-order valence-electron chi connectivity index (χ0n) is 21.8. The van der Waals surface area contributed by atoms with Crippen LogP contribution in [0.3, 0.4) is 0 Å². The number of nitrogens with zero attached hydrogens (tertiary/aromatic N) is 1. The van der Waals surface area contributed by atoms with Crippen molar-refractivity contribution in [2.75, 3.05) is 20.2 Å². The fourth-order valence-electron chi connectivity index (χ4n) is 3.67. The van der Waals surface area contributed by atoms with Crippen LogP contribution in [-0.2, 0) is 16.0 Å². The van der Waals surface area contributed by atoms with E-state index in [1.165, 1.54) is 17.7 Å². The van der Waals surface area contributed by atoms with E-state index >= 15 is 0 Å². The van der Waals surface area contributed by atoms with Gasteiger partial charge >= 0.3 is 0 Å². The molecular weight excluding hydrogens is 445 g/mol. The molecule has 1 saturated heterocycles. The molecule has 2 aromatic carbocycles. The van der Waals surface area contributed by atoms with Crippen LogP contribution in [-0.4, -0.2) is 53.8 Å². The second-order valence-corrected chi connectivity index (χ2v) is 9.47. The van der Waals surface area contributed by atoms with Gasteiger partial charge in [-0.3, -0.25) is 15.0 Å². The molecule has 6 nitrogen and oxygen atoms in total. The first-order valence-corrected chi connectivity index (χ1v) is 12.0. The second-order valence-electron chi connectivity index (χ2n) is 9.47. The fraction of sp³-hybridized carbons (Fsp3) is 0.464. The third kappa shape index (κ3) is 9.25. The third-order valence-electron chi connectivity index (χ3n) is 5.77. The summed E-state index contributed by atoms with van der Waals surface area (Å²) < 4.78 is 12.2. The van der Waals surface area contributed by atoms with Gasteiger partial charge in [0.2, 0.25) is 5.91 Å². The lowest BCUT2D eigenvalue weighted by molar-refractivity contribution is -0.137. The molecule has 1 heterocycles. The number of aliphatic hydroxyl groups is 1. The van der Waals surface area contributed by atoms with Crippen LogP contribution in [0, 0.1) is 23.6 Å². The molecule has 1 fully saturated rings. The Bertz CT molecular complexity index is 962. The number of aryl methyl sites for hydroxylation is 2. The summed E-state index contributed by atoms with van der Waals surface area (Å²) in [7, 11) is 1.00. The number of likely N-dealkylation sites (tertiary alicyclic amines) is 1.